The minimum atomic E-state index is -4.59. The van der Waals surface area contributed by atoms with Gasteiger partial charge in [0.25, 0.3) is 5.82 Å². The Bertz CT molecular complexity index is 876. The van der Waals surface area contributed by atoms with E-state index in [1.54, 1.807) is 6.07 Å². The number of anilines is 2. The molecule has 130 valence electrons. The summed E-state index contributed by atoms with van der Waals surface area (Å²) in [4.78, 5) is 2.23. The maximum atomic E-state index is 12.9. The van der Waals surface area contributed by atoms with Crippen LogP contribution in [0.1, 0.15) is 12.2 Å². The highest BCUT2D eigenvalue weighted by Gasteiger charge is 2.37. The summed E-state index contributed by atoms with van der Waals surface area (Å²) in [6.07, 6.45) is -3.72. The third-order valence-corrected chi connectivity index (χ3v) is 4.18. The molecule has 9 heteroatoms. The van der Waals surface area contributed by atoms with E-state index in [0.29, 0.717) is 5.82 Å². The van der Waals surface area contributed by atoms with Crippen LogP contribution in [0.3, 0.4) is 0 Å². The van der Waals surface area contributed by atoms with Crippen molar-refractivity contribution in [1.29, 1.82) is 0 Å². The Labute approximate surface area is 141 Å². The Hall–Kier alpha value is -2.84. The molecule has 25 heavy (non-hydrogen) atoms. The number of nitrogens with one attached hydrogen (secondary N) is 1. The van der Waals surface area contributed by atoms with E-state index in [2.05, 4.69) is 25.5 Å². The van der Waals surface area contributed by atoms with E-state index < -0.39 is 12.0 Å². The molecule has 1 aliphatic rings. The highest BCUT2D eigenvalue weighted by molar-refractivity contribution is 5.49. The van der Waals surface area contributed by atoms with E-state index in [4.69, 9.17) is 0 Å². The summed E-state index contributed by atoms with van der Waals surface area (Å²) >= 11 is 0. The Morgan fingerprint density at radius 1 is 1.04 bits per heavy atom. The number of fused-ring (bicyclic) bond motifs is 1. The van der Waals surface area contributed by atoms with E-state index in [9.17, 15) is 13.2 Å². The van der Waals surface area contributed by atoms with Crippen LogP contribution in [0.2, 0.25) is 0 Å². The molecule has 0 spiro atoms. The number of nitrogens with zero attached hydrogens (tertiary/aromatic N) is 5. The van der Waals surface area contributed by atoms with Gasteiger partial charge in [-0.1, -0.05) is 18.2 Å². The molecule has 1 N–H and O–H groups in total. The van der Waals surface area contributed by atoms with Gasteiger partial charge in [0.2, 0.25) is 0 Å². The Morgan fingerprint density at radius 2 is 1.84 bits per heavy atom. The van der Waals surface area contributed by atoms with Crippen molar-refractivity contribution in [2.75, 3.05) is 23.3 Å². The Balaban J connectivity index is 1.52. The fourth-order valence-corrected chi connectivity index (χ4v) is 3.00. The molecule has 3 aromatic rings. The molecule has 1 unspecified atom stereocenters. The quantitative estimate of drug-likeness (QED) is 0.789. The summed E-state index contributed by atoms with van der Waals surface area (Å²) in [5.74, 6) is -0.749. The number of aromatic nitrogens is 4. The standard InChI is InChI=1S/C16H15F3N6/c17-16(18,19)15-22-21-14-7-6-13(23-25(14)15)20-11-8-9-24(10-11)12-4-2-1-3-5-12/h1-7,11H,8-10H2,(H,20,23). The maximum absolute atomic E-state index is 12.9. The van der Waals surface area contributed by atoms with Gasteiger partial charge in [-0.05, 0) is 30.7 Å². The molecule has 0 radical (unpaired) electrons. The molecule has 6 nitrogen and oxygen atoms in total. The van der Waals surface area contributed by atoms with Gasteiger partial charge in [-0.25, -0.2) is 0 Å². The second-order valence-electron chi connectivity index (χ2n) is 5.92. The van der Waals surface area contributed by atoms with Crippen LogP contribution in [-0.2, 0) is 6.18 Å². The fourth-order valence-electron chi connectivity index (χ4n) is 3.00. The molecule has 0 aliphatic carbocycles. The molecular weight excluding hydrogens is 333 g/mol. The van der Waals surface area contributed by atoms with E-state index in [1.165, 1.54) is 6.07 Å². The summed E-state index contributed by atoms with van der Waals surface area (Å²) in [5.41, 5.74) is 1.20. The minimum Gasteiger partial charge on any atom is -0.369 e. The van der Waals surface area contributed by atoms with Gasteiger partial charge in [0.05, 0.1) is 0 Å². The van der Waals surface area contributed by atoms with Crippen molar-refractivity contribution in [2.24, 2.45) is 0 Å². The van der Waals surface area contributed by atoms with Crippen LogP contribution < -0.4 is 10.2 Å². The predicted octanol–water partition coefficient (Wildman–Crippen LogP) is 2.83. The Kier molecular flexibility index (Phi) is 3.70. The monoisotopic (exact) mass is 348 g/mol. The van der Waals surface area contributed by atoms with Crippen LogP contribution >= 0.6 is 0 Å². The lowest BCUT2D eigenvalue weighted by Gasteiger charge is -2.19. The zero-order chi connectivity index (χ0) is 17.4. The highest BCUT2D eigenvalue weighted by Crippen LogP contribution is 2.28. The van der Waals surface area contributed by atoms with Crippen molar-refractivity contribution in [2.45, 2.75) is 18.6 Å². The van der Waals surface area contributed by atoms with Crippen molar-refractivity contribution in [1.82, 2.24) is 19.8 Å². The highest BCUT2D eigenvalue weighted by atomic mass is 19.4. The molecule has 4 rings (SSSR count). The van der Waals surface area contributed by atoms with Crippen LogP contribution in [-0.4, -0.2) is 38.9 Å². The smallest absolute Gasteiger partial charge is 0.369 e. The number of benzene rings is 1. The SMILES string of the molecule is FC(F)(F)c1nnc2ccc(NC3CCN(c4ccccc4)C3)nn12. The van der Waals surface area contributed by atoms with Crippen molar-refractivity contribution < 1.29 is 13.2 Å². The first-order valence-corrected chi connectivity index (χ1v) is 7.87. The third kappa shape index (κ3) is 3.09. The summed E-state index contributed by atoms with van der Waals surface area (Å²) < 4.78 is 39.5. The largest absolute Gasteiger partial charge is 0.453 e. The van der Waals surface area contributed by atoms with Gasteiger partial charge in [-0.2, -0.15) is 17.7 Å². The van der Waals surface area contributed by atoms with Crippen LogP contribution in [0.25, 0.3) is 5.65 Å². The maximum Gasteiger partial charge on any atom is 0.453 e. The van der Waals surface area contributed by atoms with Crippen molar-refractivity contribution in [3.8, 4) is 0 Å². The topological polar surface area (TPSA) is 58.4 Å². The van der Waals surface area contributed by atoms with Crippen molar-refractivity contribution in [3.63, 3.8) is 0 Å². The molecule has 1 atom stereocenters. The first-order chi connectivity index (χ1) is 12.0. The zero-order valence-electron chi connectivity index (χ0n) is 13.1. The fraction of sp³-hybridized carbons (Fsp3) is 0.312. The van der Waals surface area contributed by atoms with Crippen molar-refractivity contribution in [3.05, 3.63) is 48.3 Å². The summed E-state index contributed by atoms with van der Waals surface area (Å²) in [6, 6.07) is 13.2. The first kappa shape index (κ1) is 15.7. The average molecular weight is 348 g/mol. The normalized spacial score (nSPS) is 18.0. The third-order valence-electron chi connectivity index (χ3n) is 4.18. The van der Waals surface area contributed by atoms with Gasteiger partial charge in [0.1, 0.15) is 5.82 Å². The zero-order valence-corrected chi connectivity index (χ0v) is 13.1. The average Bonchev–Trinajstić information content (AvgIpc) is 3.22. The molecule has 0 bridgehead atoms. The number of hydrogen-bond donors (Lipinski definition) is 1. The summed E-state index contributed by atoms with van der Waals surface area (Å²) in [7, 11) is 0. The molecule has 3 heterocycles. The number of alkyl halides is 3. The van der Waals surface area contributed by atoms with Crippen LogP contribution in [0.15, 0.2) is 42.5 Å². The van der Waals surface area contributed by atoms with Crippen LogP contribution in [0.5, 0.6) is 0 Å². The van der Waals surface area contributed by atoms with Gasteiger partial charge in [-0.15, -0.1) is 15.3 Å². The molecular formula is C16H15F3N6. The number of halogens is 3. The summed E-state index contributed by atoms with van der Waals surface area (Å²) in [5, 5.41) is 13.9. The Morgan fingerprint density at radius 3 is 2.60 bits per heavy atom. The predicted molar refractivity (Wildman–Crippen MR) is 86.5 cm³/mol. The summed E-state index contributed by atoms with van der Waals surface area (Å²) in [6.45, 7) is 1.64. The molecule has 1 aromatic carbocycles. The molecule has 0 amide bonds. The lowest BCUT2D eigenvalue weighted by atomic mass is 10.2. The van der Waals surface area contributed by atoms with Gasteiger partial charge < -0.3 is 10.2 Å². The number of rotatable bonds is 3. The van der Waals surface area contributed by atoms with E-state index in [1.807, 2.05) is 30.3 Å². The molecule has 1 fully saturated rings. The second-order valence-corrected chi connectivity index (χ2v) is 5.92. The second kappa shape index (κ2) is 5.91. The van der Waals surface area contributed by atoms with Gasteiger partial charge in [0, 0.05) is 24.8 Å². The van der Waals surface area contributed by atoms with E-state index >= 15 is 0 Å². The van der Waals surface area contributed by atoms with E-state index in [-0.39, 0.29) is 11.7 Å². The molecule has 0 saturated carbocycles. The minimum absolute atomic E-state index is 0.0650. The number of hydrogen-bond acceptors (Lipinski definition) is 5. The number of para-hydroxylation sites is 1. The van der Waals surface area contributed by atoms with Gasteiger partial charge in [0.15, 0.2) is 5.65 Å². The van der Waals surface area contributed by atoms with Gasteiger partial charge >= 0.3 is 6.18 Å². The van der Waals surface area contributed by atoms with Crippen LogP contribution in [0, 0.1) is 0 Å². The van der Waals surface area contributed by atoms with Crippen molar-refractivity contribution >= 4 is 17.2 Å². The van der Waals surface area contributed by atoms with Gasteiger partial charge in [-0.3, -0.25) is 0 Å². The lowest BCUT2D eigenvalue weighted by Crippen LogP contribution is -2.26. The van der Waals surface area contributed by atoms with Crippen LogP contribution in [0.4, 0.5) is 24.7 Å². The van der Waals surface area contributed by atoms with E-state index in [0.717, 1.165) is 29.7 Å². The molecule has 1 saturated heterocycles. The molecule has 1 aliphatic heterocycles. The lowest BCUT2D eigenvalue weighted by molar-refractivity contribution is -0.146. The molecule has 2 aromatic heterocycles. The first-order valence-electron chi connectivity index (χ1n) is 7.87.